The molecule has 0 bridgehead atoms. The molecule has 1 aromatic carbocycles. The summed E-state index contributed by atoms with van der Waals surface area (Å²) in [7, 11) is 1.39. The average molecular weight is 316 g/mol. The number of hydrogen-bond donors (Lipinski definition) is 1. The van der Waals surface area contributed by atoms with E-state index in [1.54, 1.807) is 12.1 Å². The number of nitrogens with zero attached hydrogens (tertiary/aromatic N) is 1. The lowest BCUT2D eigenvalue weighted by Gasteiger charge is -2.13. The van der Waals surface area contributed by atoms with Crippen molar-refractivity contribution in [1.82, 2.24) is 10.2 Å². The fourth-order valence-electron chi connectivity index (χ4n) is 2.78. The van der Waals surface area contributed by atoms with Crippen LogP contribution in [-0.2, 0) is 11.2 Å². The van der Waals surface area contributed by atoms with Gasteiger partial charge in [-0.3, -0.25) is 5.10 Å². The number of nitrogens with one attached hydrogen (secondary N) is 1. The molecule has 1 N–H and O–H groups in total. The molecule has 0 atom stereocenters. The highest BCUT2D eigenvalue weighted by Gasteiger charge is 2.12. The molecule has 2 aromatic rings. The summed E-state index contributed by atoms with van der Waals surface area (Å²) >= 11 is 0. The Kier molecular flexibility index (Phi) is 5.42. The Balaban J connectivity index is 1.97. The molecule has 0 aliphatic heterocycles. The Morgan fingerprint density at radius 2 is 1.83 bits per heavy atom. The molecule has 124 valence electrons. The van der Waals surface area contributed by atoms with Gasteiger partial charge in [-0.05, 0) is 69.4 Å². The van der Waals surface area contributed by atoms with E-state index in [1.165, 1.54) is 12.7 Å². The predicted octanol–water partition coefficient (Wildman–Crippen LogP) is 3.44. The van der Waals surface area contributed by atoms with Gasteiger partial charge in [0.05, 0.1) is 25.0 Å². The first-order valence-corrected chi connectivity index (χ1v) is 7.76. The van der Waals surface area contributed by atoms with Crippen molar-refractivity contribution in [2.45, 2.75) is 40.5 Å². The molecule has 0 saturated heterocycles. The Morgan fingerprint density at radius 3 is 2.35 bits per heavy atom. The minimum absolute atomic E-state index is 0.325. The molecule has 0 aliphatic carbocycles. The van der Waals surface area contributed by atoms with E-state index in [2.05, 4.69) is 10.2 Å². The first kappa shape index (κ1) is 17.1. The summed E-state index contributed by atoms with van der Waals surface area (Å²) in [6.07, 6.45) is 1.85. The predicted molar refractivity (Wildman–Crippen MR) is 89.1 cm³/mol. The maximum Gasteiger partial charge on any atom is 0.337 e. The third-order valence-corrected chi connectivity index (χ3v) is 3.98. The summed E-state index contributed by atoms with van der Waals surface area (Å²) in [5.41, 5.74) is 5.89. The second-order valence-corrected chi connectivity index (χ2v) is 5.80. The van der Waals surface area contributed by atoms with Crippen molar-refractivity contribution in [3.8, 4) is 5.75 Å². The molecular weight excluding hydrogens is 292 g/mol. The second kappa shape index (κ2) is 7.31. The number of carbonyl (C=O) groups is 1. The normalized spacial score (nSPS) is 10.7. The number of benzene rings is 1. The number of hydrogen-bond acceptors (Lipinski definition) is 4. The minimum atomic E-state index is -0.325. The molecule has 5 heteroatoms. The maximum atomic E-state index is 11.6. The Morgan fingerprint density at radius 1 is 1.17 bits per heavy atom. The number of ether oxygens (including phenoxy) is 2. The Hall–Kier alpha value is -2.30. The van der Waals surface area contributed by atoms with Crippen molar-refractivity contribution in [3.05, 3.63) is 45.8 Å². The number of aromatic nitrogens is 2. The Bertz CT molecular complexity index is 662. The largest absolute Gasteiger partial charge is 0.493 e. The van der Waals surface area contributed by atoms with Crippen LogP contribution in [0, 0.1) is 27.7 Å². The summed E-state index contributed by atoms with van der Waals surface area (Å²) in [6.45, 7) is 8.57. The van der Waals surface area contributed by atoms with Crippen LogP contribution in [0.3, 0.4) is 0 Å². The van der Waals surface area contributed by atoms with E-state index in [1.807, 2.05) is 27.7 Å². The molecule has 23 heavy (non-hydrogen) atoms. The average Bonchev–Trinajstić information content (AvgIpc) is 2.83. The van der Waals surface area contributed by atoms with Gasteiger partial charge >= 0.3 is 5.97 Å². The van der Waals surface area contributed by atoms with Crippen LogP contribution in [0.4, 0.5) is 0 Å². The zero-order valence-corrected chi connectivity index (χ0v) is 14.4. The number of rotatable bonds is 6. The van der Waals surface area contributed by atoms with E-state index in [4.69, 9.17) is 9.47 Å². The van der Waals surface area contributed by atoms with Crippen LogP contribution in [-0.4, -0.2) is 29.9 Å². The van der Waals surface area contributed by atoms with Crippen LogP contribution in [0.1, 0.15) is 44.9 Å². The van der Waals surface area contributed by atoms with Gasteiger partial charge in [-0.2, -0.15) is 5.10 Å². The van der Waals surface area contributed by atoms with Crippen LogP contribution in [0.5, 0.6) is 5.75 Å². The summed E-state index contributed by atoms with van der Waals surface area (Å²) in [6, 6.07) is 3.61. The van der Waals surface area contributed by atoms with Gasteiger partial charge in [0.25, 0.3) is 0 Å². The third-order valence-electron chi connectivity index (χ3n) is 3.98. The smallest absolute Gasteiger partial charge is 0.337 e. The van der Waals surface area contributed by atoms with Gasteiger partial charge in [-0.15, -0.1) is 0 Å². The highest BCUT2D eigenvalue weighted by atomic mass is 16.5. The summed E-state index contributed by atoms with van der Waals surface area (Å²) in [5, 5.41) is 7.21. The Labute approximate surface area is 137 Å². The molecule has 1 heterocycles. The molecule has 2 rings (SSSR count). The topological polar surface area (TPSA) is 64.2 Å². The first-order valence-electron chi connectivity index (χ1n) is 7.76. The lowest BCUT2D eigenvalue weighted by atomic mass is 10.1. The molecular formula is C18H24N2O3. The second-order valence-electron chi connectivity index (χ2n) is 5.80. The zero-order chi connectivity index (χ0) is 17.0. The van der Waals surface area contributed by atoms with Crippen LogP contribution < -0.4 is 4.74 Å². The summed E-state index contributed by atoms with van der Waals surface area (Å²) < 4.78 is 10.7. The number of H-pyrrole nitrogens is 1. The van der Waals surface area contributed by atoms with Gasteiger partial charge in [0.2, 0.25) is 0 Å². The van der Waals surface area contributed by atoms with Crippen molar-refractivity contribution in [3.63, 3.8) is 0 Å². The van der Waals surface area contributed by atoms with Crippen LogP contribution in [0.15, 0.2) is 12.1 Å². The van der Waals surface area contributed by atoms with Crippen molar-refractivity contribution >= 4 is 5.97 Å². The number of carbonyl (C=O) groups excluding carboxylic acids is 1. The van der Waals surface area contributed by atoms with Gasteiger partial charge in [-0.25, -0.2) is 4.79 Å². The summed E-state index contributed by atoms with van der Waals surface area (Å²) in [4.78, 5) is 11.6. The molecule has 0 fully saturated rings. The van der Waals surface area contributed by atoms with Crippen molar-refractivity contribution < 1.29 is 14.3 Å². The van der Waals surface area contributed by atoms with Gasteiger partial charge < -0.3 is 9.47 Å². The fourth-order valence-corrected chi connectivity index (χ4v) is 2.78. The van der Waals surface area contributed by atoms with Gasteiger partial charge in [0.1, 0.15) is 5.75 Å². The third kappa shape index (κ3) is 3.92. The van der Waals surface area contributed by atoms with Crippen molar-refractivity contribution in [2.24, 2.45) is 0 Å². The van der Waals surface area contributed by atoms with Crippen LogP contribution >= 0.6 is 0 Å². The van der Waals surface area contributed by atoms with E-state index >= 15 is 0 Å². The number of aromatic amines is 1. The van der Waals surface area contributed by atoms with Crippen LogP contribution in [0.2, 0.25) is 0 Å². The molecule has 5 nitrogen and oxygen atoms in total. The van der Waals surface area contributed by atoms with E-state index in [-0.39, 0.29) is 5.97 Å². The van der Waals surface area contributed by atoms with E-state index in [0.717, 1.165) is 41.1 Å². The number of aryl methyl sites for hydroxylation is 4. The van der Waals surface area contributed by atoms with Crippen LogP contribution in [0.25, 0.3) is 0 Å². The zero-order valence-electron chi connectivity index (χ0n) is 14.4. The summed E-state index contributed by atoms with van der Waals surface area (Å²) in [5.74, 6) is 0.520. The molecule has 0 saturated carbocycles. The first-order chi connectivity index (χ1) is 10.9. The maximum absolute atomic E-state index is 11.6. The molecule has 1 aromatic heterocycles. The van der Waals surface area contributed by atoms with E-state index in [0.29, 0.717) is 12.2 Å². The SMILES string of the molecule is COC(=O)c1cc(C)c(OCCCc2c(C)n[nH]c2C)c(C)c1. The monoisotopic (exact) mass is 316 g/mol. The lowest BCUT2D eigenvalue weighted by Crippen LogP contribution is -2.06. The minimum Gasteiger partial charge on any atom is -0.493 e. The molecule has 0 unspecified atom stereocenters. The quantitative estimate of drug-likeness (QED) is 0.655. The molecule has 0 amide bonds. The standard InChI is InChI=1S/C18H24N2O3/c1-11-9-15(18(21)22-5)10-12(2)17(11)23-8-6-7-16-13(3)19-20-14(16)4/h9-10H,6-8H2,1-5H3,(H,19,20). The van der Waals surface area contributed by atoms with E-state index < -0.39 is 0 Å². The fraction of sp³-hybridized carbons (Fsp3) is 0.444. The number of esters is 1. The van der Waals surface area contributed by atoms with Gasteiger partial charge in [0, 0.05) is 5.69 Å². The molecule has 0 radical (unpaired) electrons. The van der Waals surface area contributed by atoms with Gasteiger partial charge in [-0.1, -0.05) is 0 Å². The number of methoxy groups -OCH3 is 1. The lowest BCUT2D eigenvalue weighted by molar-refractivity contribution is 0.0600. The molecule has 0 aliphatic rings. The van der Waals surface area contributed by atoms with Crippen molar-refractivity contribution in [2.75, 3.05) is 13.7 Å². The van der Waals surface area contributed by atoms with Crippen molar-refractivity contribution in [1.29, 1.82) is 0 Å². The van der Waals surface area contributed by atoms with E-state index in [9.17, 15) is 4.79 Å². The molecule has 0 spiro atoms. The highest BCUT2D eigenvalue weighted by Crippen LogP contribution is 2.25. The highest BCUT2D eigenvalue weighted by molar-refractivity contribution is 5.90. The van der Waals surface area contributed by atoms with Gasteiger partial charge in [0.15, 0.2) is 0 Å².